The number of quaternary nitrogens is 3. The third-order valence-corrected chi connectivity index (χ3v) is 0.855. The minimum absolute atomic E-state index is 0. The minimum Gasteiger partial charge on any atom is -0.858 e. The second-order valence-corrected chi connectivity index (χ2v) is 2.90. The Hall–Kier alpha value is -0.853. The van der Waals surface area contributed by atoms with Crippen LogP contribution in [0.3, 0.4) is 0 Å². The van der Waals surface area contributed by atoms with Gasteiger partial charge < -0.3 is 37.7 Å². The van der Waals surface area contributed by atoms with E-state index in [-0.39, 0.29) is 24.0 Å². The summed E-state index contributed by atoms with van der Waals surface area (Å²) in [6.07, 6.45) is 0. The molecular formula is C4H17N3O6Si. The van der Waals surface area contributed by atoms with E-state index in [0.29, 0.717) is 0 Å². The van der Waals surface area contributed by atoms with Gasteiger partial charge in [-0.25, -0.2) is 4.79 Å². The first-order valence-electron chi connectivity index (χ1n) is 2.49. The number of hydrogen-bond donors (Lipinski definition) is 3. The highest BCUT2D eigenvalue weighted by Gasteiger charge is 2.02. The normalized spacial score (nSPS) is 8.57. The average Bonchev–Trinajstić information content (AvgIpc) is 1.80. The van der Waals surface area contributed by atoms with Crippen LogP contribution in [-0.4, -0.2) is 15.0 Å². The van der Waals surface area contributed by atoms with Crippen LogP contribution in [0, 0.1) is 0 Å². The van der Waals surface area contributed by atoms with Gasteiger partial charge in [-0.15, -0.1) is 0 Å². The van der Waals surface area contributed by atoms with Crippen molar-refractivity contribution in [1.82, 2.24) is 18.5 Å². The van der Waals surface area contributed by atoms with Crippen LogP contribution < -0.4 is 32.8 Å². The standard InChI is InChI=1S/C4H5O6Si.3H3N/c1-3(2)4(5)9-10-11(6,7)8;;;/h1H2,2H3;3*1H3/q-3;;;/p+3. The highest BCUT2D eigenvalue weighted by Crippen LogP contribution is 1.92. The van der Waals surface area contributed by atoms with Gasteiger partial charge in [0, 0.05) is 5.57 Å². The molecule has 0 aromatic heterocycles. The van der Waals surface area contributed by atoms with E-state index in [1.165, 1.54) is 6.92 Å². The molecule has 0 bridgehead atoms. The van der Waals surface area contributed by atoms with E-state index in [9.17, 15) is 19.2 Å². The fourth-order valence-corrected chi connectivity index (χ4v) is 0.338. The van der Waals surface area contributed by atoms with Gasteiger partial charge in [-0.05, 0) is 16.0 Å². The van der Waals surface area contributed by atoms with Crippen LogP contribution in [-0.2, 0) is 14.3 Å². The first-order chi connectivity index (χ1) is 4.83. The Morgan fingerprint density at radius 1 is 1.21 bits per heavy atom. The molecule has 0 saturated heterocycles. The monoisotopic (exact) mass is 231 g/mol. The average molecular weight is 231 g/mol. The Balaban J connectivity index is -0.000000167. The van der Waals surface area contributed by atoms with Crippen molar-refractivity contribution < 1.29 is 28.6 Å². The molecular weight excluding hydrogens is 214 g/mol. The highest BCUT2D eigenvalue weighted by molar-refractivity contribution is 6.42. The van der Waals surface area contributed by atoms with E-state index >= 15 is 0 Å². The maximum atomic E-state index is 10.3. The van der Waals surface area contributed by atoms with Crippen molar-refractivity contribution in [2.24, 2.45) is 0 Å². The molecule has 0 aromatic carbocycles. The molecule has 14 heavy (non-hydrogen) atoms. The molecule has 0 unspecified atom stereocenters. The Morgan fingerprint density at radius 3 is 1.79 bits per heavy atom. The predicted octanol–water partition coefficient (Wildman–Crippen LogP) is -2.32. The summed E-state index contributed by atoms with van der Waals surface area (Å²) in [6.45, 7) is 4.38. The molecule has 0 saturated carbocycles. The third-order valence-electron chi connectivity index (χ3n) is 0.568. The van der Waals surface area contributed by atoms with Crippen LogP contribution >= 0.6 is 0 Å². The zero-order valence-corrected chi connectivity index (χ0v) is 9.66. The molecule has 0 heterocycles. The molecule has 0 aliphatic carbocycles. The molecule has 0 aliphatic rings. The largest absolute Gasteiger partial charge is 0.858 e. The summed E-state index contributed by atoms with van der Waals surface area (Å²) >= 11 is 0. The Kier molecular flexibility index (Phi) is 14.5. The van der Waals surface area contributed by atoms with Crippen LogP contribution in [0.25, 0.3) is 0 Å². The predicted molar refractivity (Wildman–Crippen MR) is 45.7 cm³/mol. The van der Waals surface area contributed by atoms with Crippen molar-refractivity contribution in [2.45, 2.75) is 6.92 Å². The molecule has 0 rings (SSSR count). The van der Waals surface area contributed by atoms with Crippen molar-refractivity contribution in [3.05, 3.63) is 12.2 Å². The van der Waals surface area contributed by atoms with Gasteiger partial charge in [-0.1, -0.05) is 6.58 Å². The van der Waals surface area contributed by atoms with Crippen molar-refractivity contribution in [3.8, 4) is 0 Å². The van der Waals surface area contributed by atoms with Crippen LogP contribution in [0.15, 0.2) is 12.2 Å². The van der Waals surface area contributed by atoms with Gasteiger partial charge in [0.25, 0.3) is 0 Å². The van der Waals surface area contributed by atoms with E-state index in [4.69, 9.17) is 0 Å². The molecule has 9 nitrogen and oxygen atoms in total. The highest BCUT2D eigenvalue weighted by atomic mass is 28.4. The van der Waals surface area contributed by atoms with Crippen LogP contribution in [0.1, 0.15) is 6.92 Å². The molecule has 0 atom stereocenters. The van der Waals surface area contributed by atoms with Gasteiger partial charge in [-0.2, -0.15) is 0 Å². The minimum atomic E-state index is -5.50. The zero-order chi connectivity index (χ0) is 9.07. The molecule has 12 N–H and O–H groups in total. The maximum absolute atomic E-state index is 10.3. The summed E-state index contributed by atoms with van der Waals surface area (Å²) in [5.41, 5.74) is -0.0664. The molecule has 0 aliphatic heterocycles. The summed E-state index contributed by atoms with van der Waals surface area (Å²) in [5, 5.41) is 0. The van der Waals surface area contributed by atoms with Gasteiger partial charge in [0.1, 0.15) is 0 Å². The summed E-state index contributed by atoms with van der Waals surface area (Å²) in [4.78, 5) is 43.1. The SMILES string of the molecule is C=C(C)C(=O)OO[Si]([O-])([O-])[O-].[NH4+].[NH4+].[NH4+]. The molecule has 0 radical (unpaired) electrons. The quantitative estimate of drug-likeness (QED) is 0.209. The van der Waals surface area contributed by atoms with Crippen LogP contribution in [0.5, 0.6) is 0 Å². The molecule has 10 heteroatoms. The van der Waals surface area contributed by atoms with Crippen molar-refractivity contribution in [1.29, 1.82) is 0 Å². The van der Waals surface area contributed by atoms with Crippen LogP contribution in [0.2, 0.25) is 0 Å². The van der Waals surface area contributed by atoms with E-state index in [2.05, 4.69) is 16.0 Å². The first kappa shape index (κ1) is 23.2. The molecule has 0 fully saturated rings. The Labute approximate surface area is 82.1 Å². The van der Waals surface area contributed by atoms with Gasteiger partial charge in [0.2, 0.25) is 0 Å². The zero-order valence-electron chi connectivity index (χ0n) is 8.66. The Morgan fingerprint density at radius 2 is 1.57 bits per heavy atom. The second-order valence-electron chi connectivity index (χ2n) is 1.73. The van der Waals surface area contributed by atoms with Gasteiger partial charge in [0.05, 0.1) is 0 Å². The first-order valence-corrected chi connectivity index (χ1v) is 4.13. The van der Waals surface area contributed by atoms with Crippen molar-refractivity contribution in [3.63, 3.8) is 0 Å². The summed E-state index contributed by atoms with van der Waals surface area (Å²) < 4.78 is 3.21. The number of rotatable bonds is 3. The van der Waals surface area contributed by atoms with E-state index < -0.39 is 15.0 Å². The van der Waals surface area contributed by atoms with Crippen molar-refractivity contribution in [2.75, 3.05) is 0 Å². The third kappa shape index (κ3) is 13.7. The number of carbonyl (C=O) groups is 1. The van der Waals surface area contributed by atoms with E-state index in [1.54, 1.807) is 0 Å². The lowest BCUT2D eigenvalue weighted by atomic mass is 10.4. The molecule has 0 aromatic rings. The Bertz CT molecular complexity index is 180. The topological polar surface area (TPSA) is 214 Å². The van der Waals surface area contributed by atoms with Crippen molar-refractivity contribution >= 4 is 15.0 Å². The smallest absolute Gasteiger partial charge is 0.366 e. The number of hydrogen-bond acceptors (Lipinski definition) is 6. The molecule has 0 spiro atoms. The summed E-state index contributed by atoms with van der Waals surface area (Å²) in [5.74, 6) is -1.09. The van der Waals surface area contributed by atoms with Gasteiger partial charge in [0.15, 0.2) is 0 Å². The fourth-order valence-electron chi connectivity index (χ4n) is 0.160. The fraction of sp³-hybridized carbons (Fsp3) is 0.250. The van der Waals surface area contributed by atoms with E-state index in [0.717, 1.165) is 0 Å². The summed E-state index contributed by atoms with van der Waals surface area (Å²) in [7, 11) is -5.50. The molecule has 88 valence electrons. The van der Waals surface area contributed by atoms with Gasteiger partial charge >= 0.3 is 5.97 Å². The lowest BCUT2D eigenvalue weighted by Crippen LogP contribution is -2.75. The summed E-state index contributed by atoms with van der Waals surface area (Å²) in [6, 6.07) is 0. The number of carbonyl (C=O) groups excluding carboxylic acids is 1. The lowest BCUT2D eigenvalue weighted by molar-refractivity contribution is -0.567. The van der Waals surface area contributed by atoms with Gasteiger partial charge in [-0.3, -0.25) is 4.58 Å². The van der Waals surface area contributed by atoms with Crippen LogP contribution in [0.4, 0.5) is 0 Å². The second kappa shape index (κ2) is 8.73. The van der Waals surface area contributed by atoms with E-state index in [1.807, 2.05) is 0 Å². The maximum Gasteiger partial charge on any atom is 0.366 e. The lowest BCUT2D eigenvalue weighted by Gasteiger charge is -2.49. The molecule has 0 amide bonds.